The summed E-state index contributed by atoms with van der Waals surface area (Å²) in [7, 11) is 0. The van der Waals surface area contributed by atoms with Crippen molar-refractivity contribution in [2.24, 2.45) is 5.73 Å². The Morgan fingerprint density at radius 1 is 1.53 bits per heavy atom. The fourth-order valence-electron chi connectivity index (χ4n) is 1.93. The van der Waals surface area contributed by atoms with Gasteiger partial charge in [-0.1, -0.05) is 11.6 Å². The van der Waals surface area contributed by atoms with Gasteiger partial charge in [0.2, 0.25) is 0 Å². The van der Waals surface area contributed by atoms with Crippen LogP contribution in [0.1, 0.15) is 25.2 Å². The van der Waals surface area contributed by atoms with Gasteiger partial charge in [0.05, 0.1) is 17.1 Å². The minimum absolute atomic E-state index is 0.139. The number of rotatable bonds is 4. The summed E-state index contributed by atoms with van der Waals surface area (Å²) < 4.78 is 2.03. The number of imidazole rings is 1. The minimum Gasteiger partial charge on any atom is -0.396 e. The SMILES string of the molecule is CC(N)c1nc2ccc(Cl)cc2n1CCCO. The summed E-state index contributed by atoms with van der Waals surface area (Å²) in [5, 5.41) is 9.61. The van der Waals surface area contributed by atoms with E-state index in [1.54, 1.807) is 0 Å². The molecule has 17 heavy (non-hydrogen) atoms. The highest BCUT2D eigenvalue weighted by Gasteiger charge is 2.13. The maximum atomic E-state index is 8.93. The van der Waals surface area contributed by atoms with Crippen molar-refractivity contribution in [2.45, 2.75) is 25.9 Å². The Morgan fingerprint density at radius 3 is 2.94 bits per heavy atom. The number of halogens is 1. The standard InChI is InChI=1S/C12H16ClN3O/c1-8(14)12-15-10-4-3-9(13)7-11(10)16(12)5-2-6-17/h3-4,7-8,17H,2,5-6,14H2,1H3. The average molecular weight is 254 g/mol. The number of nitrogens with two attached hydrogens (primary N) is 1. The molecule has 0 aliphatic rings. The van der Waals surface area contributed by atoms with Gasteiger partial charge in [-0.05, 0) is 31.5 Å². The molecular weight excluding hydrogens is 238 g/mol. The van der Waals surface area contributed by atoms with Crippen molar-refractivity contribution < 1.29 is 5.11 Å². The molecule has 1 heterocycles. The smallest absolute Gasteiger partial charge is 0.126 e. The van der Waals surface area contributed by atoms with Gasteiger partial charge in [-0.15, -0.1) is 0 Å². The molecule has 0 fully saturated rings. The molecule has 0 radical (unpaired) electrons. The van der Waals surface area contributed by atoms with E-state index >= 15 is 0 Å². The maximum Gasteiger partial charge on any atom is 0.126 e. The first-order valence-electron chi connectivity index (χ1n) is 5.65. The lowest BCUT2D eigenvalue weighted by atomic mass is 10.3. The van der Waals surface area contributed by atoms with Crippen LogP contribution in [0.3, 0.4) is 0 Å². The van der Waals surface area contributed by atoms with E-state index in [0.29, 0.717) is 18.0 Å². The van der Waals surface area contributed by atoms with Gasteiger partial charge in [0, 0.05) is 18.2 Å². The van der Waals surface area contributed by atoms with Crippen molar-refractivity contribution in [1.82, 2.24) is 9.55 Å². The van der Waals surface area contributed by atoms with Gasteiger partial charge < -0.3 is 15.4 Å². The zero-order chi connectivity index (χ0) is 12.4. The second kappa shape index (κ2) is 5.04. The molecule has 0 saturated carbocycles. The van der Waals surface area contributed by atoms with Gasteiger partial charge >= 0.3 is 0 Å². The minimum atomic E-state index is -0.139. The fraction of sp³-hybridized carbons (Fsp3) is 0.417. The highest BCUT2D eigenvalue weighted by molar-refractivity contribution is 6.31. The van der Waals surface area contributed by atoms with Crippen LogP contribution in [0.5, 0.6) is 0 Å². The first-order chi connectivity index (χ1) is 8.13. The van der Waals surface area contributed by atoms with Gasteiger partial charge in [-0.3, -0.25) is 0 Å². The summed E-state index contributed by atoms with van der Waals surface area (Å²) in [6, 6.07) is 5.45. The summed E-state index contributed by atoms with van der Waals surface area (Å²) in [5.74, 6) is 0.829. The van der Waals surface area contributed by atoms with Gasteiger partial charge in [0.1, 0.15) is 5.82 Å². The molecule has 2 rings (SSSR count). The quantitative estimate of drug-likeness (QED) is 0.877. The molecule has 0 spiro atoms. The molecule has 0 bridgehead atoms. The lowest BCUT2D eigenvalue weighted by molar-refractivity contribution is 0.279. The molecule has 2 aromatic rings. The third kappa shape index (κ3) is 2.44. The molecule has 0 aliphatic carbocycles. The lowest BCUT2D eigenvalue weighted by Crippen LogP contribution is -2.14. The number of fused-ring (bicyclic) bond motifs is 1. The first-order valence-corrected chi connectivity index (χ1v) is 6.03. The van der Waals surface area contributed by atoms with E-state index in [1.165, 1.54) is 0 Å². The van der Waals surface area contributed by atoms with Crippen LogP contribution in [0, 0.1) is 0 Å². The van der Waals surface area contributed by atoms with E-state index < -0.39 is 0 Å². The largest absolute Gasteiger partial charge is 0.396 e. The monoisotopic (exact) mass is 253 g/mol. The highest BCUT2D eigenvalue weighted by atomic mass is 35.5. The first kappa shape index (κ1) is 12.4. The molecule has 4 nitrogen and oxygen atoms in total. The molecule has 3 N–H and O–H groups in total. The summed E-state index contributed by atoms with van der Waals surface area (Å²) in [6.07, 6.45) is 0.678. The normalized spacial score (nSPS) is 13.2. The Bertz CT molecular complexity index is 522. The average Bonchev–Trinajstić information content (AvgIpc) is 2.64. The number of hydrogen-bond donors (Lipinski definition) is 2. The molecule has 1 unspecified atom stereocenters. The second-order valence-corrected chi connectivity index (χ2v) is 4.56. The van der Waals surface area contributed by atoms with E-state index in [9.17, 15) is 0 Å². The molecule has 5 heteroatoms. The van der Waals surface area contributed by atoms with Crippen molar-refractivity contribution in [3.63, 3.8) is 0 Å². The fourth-order valence-corrected chi connectivity index (χ4v) is 2.09. The lowest BCUT2D eigenvalue weighted by Gasteiger charge is -2.10. The van der Waals surface area contributed by atoms with Crippen LogP contribution in [-0.4, -0.2) is 21.3 Å². The molecular formula is C12H16ClN3O. The second-order valence-electron chi connectivity index (χ2n) is 4.12. The topological polar surface area (TPSA) is 64.1 Å². The number of hydrogen-bond acceptors (Lipinski definition) is 3. The Kier molecular flexibility index (Phi) is 3.66. The van der Waals surface area contributed by atoms with E-state index in [-0.39, 0.29) is 12.6 Å². The zero-order valence-electron chi connectivity index (χ0n) is 9.73. The van der Waals surface area contributed by atoms with Gasteiger partial charge in [0.25, 0.3) is 0 Å². The third-order valence-electron chi connectivity index (χ3n) is 2.69. The van der Waals surface area contributed by atoms with Crippen LogP contribution in [0.25, 0.3) is 11.0 Å². The van der Waals surface area contributed by atoms with E-state index in [4.69, 9.17) is 22.4 Å². The predicted molar refractivity (Wildman–Crippen MR) is 69.0 cm³/mol. The van der Waals surface area contributed by atoms with Gasteiger partial charge in [-0.25, -0.2) is 4.98 Å². The van der Waals surface area contributed by atoms with Crippen molar-refractivity contribution in [1.29, 1.82) is 0 Å². The van der Waals surface area contributed by atoms with Crippen LogP contribution < -0.4 is 5.73 Å². The van der Waals surface area contributed by atoms with E-state index in [0.717, 1.165) is 16.9 Å². The van der Waals surface area contributed by atoms with Crippen molar-refractivity contribution in [3.05, 3.63) is 29.0 Å². The van der Waals surface area contributed by atoms with E-state index in [2.05, 4.69) is 4.98 Å². The summed E-state index contributed by atoms with van der Waals surface area (Å²) in [5.41, 5.74) is 7.77. The van der Waals surface area contributed by atoms with Crippen molar-refractivity contribution in [2.75, 3.05) is 6.61 Å². The maximum absolute atomic E-state index is 8.93. The highest BCUT2D eigenvalue weighted by Crippen LogP contribution is 2.23. The van der Waals surface area contributed by atoms with E-state index in [1.807, 2.05) is 29.7 Å². The Labute approximate surface area is 105 Å². The van der Waals surface area contributed by atoms with Gasteiger partial charge in [0.15, 0.2) is 0 Å². The third-order valence-corrected chi connectivity index (χ3v) is 2.92. The Hall–Kier alpha value is -1.10. The molecule has 0 saturated heterocycles. The van der Waals surface area contributed by atoms with Crippen LogP contribution in [0.4, 0.5) is 0 Å². The number of aromatic nitrogens is 2. The number of nitrogens with zero attached hydrogens (tertiary/aromatic N) is 2. The predicted octanol–water partition coefficient (Wildman–Crippen LogP) is 2.09. The summed E-state index contributed by atoms with van der Waals surface area (Å²) in [4.78, 5) is 4.50. The van der Waals surface area contributed by atoms with Crippen LogP contribution in [0.15, 0.2) is 18.2 Å². The molecule has 0 aliphatic heterocycles. The summed E-state index contributed by atoms with van der Waals surface area (Å²) in [6.45, 7) is 2.75. The molecule has 1 atom stereocenters. The van der Waals surface area contributed by atoms with Crippen LogP contribution in [0.2, 0.25) is 5.02 Å². The molecule has 1 aromatic heterocycles. The van der Waals surface area contributed by atoms with Crippen LogP contribution >= 0.6 is 11.6 Å². The van der Waals surface area contributed by atoms with Crippen molar-refractivity contribution in [3.8, 4) is 0 Å². The molecule has 0 amide bonds. The molecule has 1 aromatic carbocycles. The summed E-state index contributed by atoms with van der Waals surface area (Å²) >= 11 is 5.99. The van der Waals surface area contributed by atoms with Gasteiger partial charge in [-0.2, -0.15) is 0 Å². The number of aliphatic hydroxyl groups excluding tert-OH is 1. The number of aryl methyl sites for hydroxylation is 1. The van der Waals surface area contributed by atoms with Crippen molar-refractivity contribution >= 4 is 22.6 Å². The number of benzene rings is 1. The zero-order valence-corrected chi connectivity index (χ0v) is 10.5. The Balaban J connectivity index is 2.56. The number of aliphatic hydroxyl groups is 1. The Morgan fingerprint density at radius 2 is 2.29 bits per heavy atom. The molecule has 92 valence electrons. The van der Waals surface area contributed by atoms with Crippen LogP contribution in [-0.2, 0) is 6.54 Å².